The van der Waals surface area contributed by atoms with Crippen molar-refractivity contribution in [2.45, 2.75) is 19.4 Å². The summed E-state index contributed by atoms with van der Waals surface area (Å²) in [5, 5.41) is 7.99. The first kappa shape index (κ1) is 13.8. The normalized spacial score (nSPS) is 16.6. The molecule has 0 saturated carbocycles. The van der Waals surface area contributed by atoms with E-state index >= 15 is 0 Å². The molecule has 116 valence electrons. The van der Waals surface area contributed by atoms with Crippen LogP contribution in [0.5, 0.6) is 6.01 Å². The van der Waals surface area contributed by atoms with Crippen molar-refractivity contribution >= 4 is 17.2 Å². The van der Waals surface area contributed by atoms with Gasteiger partial charge in [-0.25, -0.2) is 0 Å². The number of carbonyl (C=O) groups excluding carboxylic acids is 1. The Labute approximate surface area is 133 Å². The van der Waals surface area contributed by atoms with E-state index in [4.69, 9.17) is 4.74 Å². The zero-order chi connectivity index (χ0) is 15.8. The molecule has 23 heavy (non-hydrogen) atoms. The summed E-state index contributed by atoms with van der Waals surface area (Å²) in [6.07, 6.45) is 2.68. The highest BCUT2D eigenvalue weighted by Crippen LogP contribution is 2.31. The molecule has 1 aromatic carbocycles. The van der Waals surface area contributed by atoms with Gasteiger partial charge in [-0.2, -0.15) is 0 Å². The number of para-hydroxylation sites is 1. The van der Waals surface area contributed by atoms with E-state index in [-0.39, 0.29) is 18.6 Å². The molecule has 1 amide bonds. The second-order valence-corrected chi connectivity index (χ2v) is 5.65. The Hall–Kier alpha value is -2.89. The predicted molar refractivity (Wildman–Crippen MR) is 85.6 cm³/mol. The fraction of sp³-hybridized carbons (Fsp3) is 0.235. The average Bonchev–Trinajstić information content (AvgIpc) is 3.12. The van der Waals surface area contributed by atoms with Crippen molar-refractivity contribution < 1.29 is 9.53 Å². The minimum atomic E-state index is -0.0740. The van der Waals surface area contributed by atoms with E-state index in [0.717, 1.165) is 12.1 Å². The highest BCUT2D eigenvalue weighted by Gasteiger charge is 2.30. The number of anilines is 1. The summed E-state index contributed by atoms with van der Waals surface area (Å²) in [6.45, 7) is 1.98. The van der Waals surface area contributed by atoms with Crippen LogP contribution in [0.2, 0.25) is 0 Å². The third-order valence-electron chi connectivity index (χ3n) is 4.08. The summed E-state index contributed by atoms with van der Waals surface area (Å²) >= 11 is 0. The molecule has 3 aromatic rings. The van der Waals surface area contributed by atoms with Crippen LogP contribution < -0.4 is 9.64 Å². The number of rotatable bonds is 3. The maximum Gasteiger partial charge on any atom is 0.322 e. The Balaban J connectivity index is 1.52. The molecule has 1 aliphatic heterocycles. The first-order chi connectivity index (χ1) is 11.2. The minimum absolute atomic E-state index is 0.0611. The van der Waals surface area contributed by atoms with Gasteiger partial charge in [0, 0.05) is 17.9 Å². The van der Waals surface area contributed by atoms with Gasteiger partial charge in [-0.15, -0.1) is 5.10 Å². The molecule has 1 atom stereocenters. The number of pyridine rings is 1. The van der Waals surface area contributed by atoms with E-state index < -0.39 is 0 Å². The smallest absolute Gasteiger partial charge is 0.322 e. The maximum absolute atomic E-state index is 12.6. The van der Waals surface area contributed by atoms with Gasteiger partial charge in [0.2, 0.25) is 0 Å². The van der Waals surface area contributed by atoms with Gasteiger partial charge in [0.05, 0.1) is 0 Å². The number of aromatic nitrogens is 3. The average molecular weight is 308 g/mol. The summed E-state index contributed by atoms with van der Waals surface area (Å²) in [7, 11) is 0. The fourth-order valence-electron chi connectivity index (χ4n) is 3.06. The topological polar surface area (TPSA) is 59.7 Å². The molecule has 0 saturated heterocycles. The van der Waals surface area contributed by atoms with Crippen molar-refractivity contribution in [1.82, 2.24) is 14.6 Å². The van der Waals surface area contributed by atoms with E-state index in [1.54, 1.807) is 9.30 Å². The van der Waals surface area contributed by atoms with E-state index in [2.05, 4.69) is 16.3 Å². The summed E-state index contributed by atoms with van der Waals surface area (Å²) in [5.41, 5.74) is 2.86. The van der Waals surface area contributed by atoms with Gasteiger partial charge in [0.15, 0.2) is 12.3 Å². The lowest BCUT2D eigenvalue weighted by atomic mass is 10.1. The van der Waals surface area contributed by atoms with Crippen LogP contribution in [0.1, 0.15) is 12.5 Å². The third-order valence-corrected chi connectivity index (χ3v) is 4.08. The molecule has 6 heteroatoms. The molecule has 0 radical (unpaired) electrons. The van der Waals surface area contributed by atoms with Gasteiger partial charge in [0.1, 0.15) is 0 Å². The standard InChI is InChI=1S/C17H16N4O2/c1-12-10-13-6-2-3-7-14(13)21(12)16(22)11-23-17-19-18-15-8-4-5-9-20(15)17/h2-9,12H,10-11H2,1H3/t12-/m0/s1. The second-order valence-electron chi connectivity index (χ2n) is 5.65. The number of amides is 1. The lowest BCUT2D eigenvalue weighted by Gasteiger charge is -2.22. The van der Waals surface area contributed by atoms with Crippen molar-refractivity contribution in [3.63, 3.8) is 0 Å². The van der Waals surface area contributed by atoms with E-state index in [0.29, 0.717) is 11.7 Å². The number of benzene rings is 1. The first-order valence-corrected chi connectivity index (χ1v) is 7.56. The Morgan fingerprint density at radius 3 is 2.96 bits per heavy atom. The second kappa shape index (κ2) is 5.39. The summed E-state index contributed by atoms with van der Waals surface area (Å²) < 4.78 is 7.31. The van der Waals surface area contributed by atoms with Crippen LogP contribution in [-0.2, 0) is 11.2 Å². The third kappa shape index (κ3) is 2.32. The Kier molecular flexibility index (Phi) is 3.22. The molecule has 2 aromatic heterocycles. The van der Waals surface area contributed by atoms with Crippen LogP contribution in [0.15, 0.2) is 48.7 Å². The maximum atomic E-state index is 12.6. The highest BCUT2D eigenvalue weighted by molar-refractivity contribution is 5.97. The molecule has 1 aliphatic rings. The van der Waals surface area contributed by atoms with Gasteiger partial charge in [0.25, 0.3) is 5.91 Å². The van der Waals surface area contributed by atoms with Gasteiger partial charge in [-0.3, -0.25) is 9.20 Å². The Bertz CT molecular complexity index is 874. The van der Waals surface area contributed by atoms with Gasteiger partial charge >= 0.3 is 6.01 Å². The molecule has 3 heterocycles. The largest absolute Gasteiger partial charge is 0.453 e. The molecule has 6 nitrogen and oxygen atoms in total. The fourth-order valence-corrected chi connectivity index (χ4v) is 3.06. The molecule has 0 fully saturated rings. The molecule has 0 unspecified atom stereocenters. The van der Waals surface area contributed by atoms with Crippen LogP contribution in [-0.4, -0.2) is 33.2 Å². The predicted octanol–water partition coefficient (Wildman–Crippen LogP) is 2.09. The molecule has 0 aliphatic carbocycles. The lowest BCUT2D eigenvalue weighted by molar-refractivity contribution is -0.121. The van der Waals surface area contributed by atoms with Crippen molar-refractivity contribution in [3.05, 3.63) is 54.2 Å². The number of hydrogen-bond acceptors (Lipinski definition) is 4. The number of fused-ring (bicyclic) bond motifs is 2. The highest BCUT2D eigenvalue weighted by atomic mass is 16.5. The molecule has 0 bridgehead atoms. The van der Waals surface area contributed by atoms with E-state index in [9.17, 15) is 4.79 Å². The quantitative estimate of drug-likeness (QED) is 0.743. The molecular formula is C17H16N4O2. The number of ether oxygens (including phenoxy) is 1. The van der Waals surface area contributed by atoms with Crippen LogP contribution in [0.3, 0.4) is 0 Å². The number of carbonyl (C=O) groups is 1. The molecule has 0 spiro atoms. The van der Waals surface area contributed by atoms with Gasteiger partial charge in [-0.05, 0) is 37.1 Å². The van der Waals surface area contributed by atoms with Crippen molar-refractivity contribution in [3.8, 4) is 6.01 Å². The monoisotopic (exact) mass is 308 g/mol. The minimum Gasteiger partial charge on any atom is -0.453 e. The van der Waals surface area contributed by atoms with E-state index in [1.165, 1.54) is 5.56 Å². The Morgan fingerprint density at radius 2 is 2.04 bits per heavy atom. The van der Waals surface area contributed by atoms with Gasteiger partial charge < -0.3 is 9.64 Å². The summed E-state index contributed by atoms with van der Waals surface area (Å²) in [4.78, 5) is 14.4. The number of hydrogen-bond donors (Lipinski definition) is 0. The summed E-state index contributed by atoms with van der Waals surface area (Å²) in [6, 6.07) is 14.0. The first-order valence-electron chi connectivity index (χ1n) is 7.56. The van der Waals surface area contributed by atoms with E-state index in [1.807, 2.05) is 49.5 Å². The molecule has 0 N–H and O–H groups in total. The zero-order valence-electron chi connectivity index (χ0n) is 12.7. The van der Waals surface area contributed by atoms with Crippen LogP contribution in [0, 0.1) is 0 Å². The lowest BCUT2D eigenvalue weighted by Crippen LogP contribution is -2.39. The van der Waals surface area contributed by atoms with Crippen LogP contribution in [0.25, 0.3) is 5.65 Å². The van der Waals surface area contributed by atoms with Crippen molar-refractivity contribution in [2.75, 3.05) is 11.5 Å². The van der Waals surface area contributed by atoms with Crippen LogP contribution in [0.4, 0.5) is 5.69 Å². The van der Waals surface area contributed by atoms with Crippen LogP contribution >= 0.6 is 0 Å². The molecular weight excluding hydrogens is 292 g/mol. The Morgan fingerprint density at radius 1 is 1.22 bits per heavy atom. The van der Waals surface area contributed by atoms with Crippen molar-refractivity contribution in [1.29, 1.82) is 0 Å². The number of nitrogens with zero attached hydrogens (tertiary/aromatic N) is 4. The SMILES string of the molecule is C[C@H]1Cc2ccccc2N1C(=O)COc1nnc2ccccn12. The summed E-state index contributed by atoms with van der Waals surface area (Å²) in [5.74, 6) is -0.0740. The zero-order valence-corrected chi connectivity index (χ0v) is 12.7. The molecule has 4 rings (SSSR count). The van der Waals surface area contributed by atoms with Crippen molar-refractivity contribution in [2.24, 2.45) is 0 Å². The van der Waals surface area contributed by atoms with Gasteiger partial charge in [-0.1, -0.05) is 29.4 Å².